The number of amides is 1. The normalized spacial score (nSPS) is 13.7. The molecule has 0 N–H and O–H groups in total. The minimum atomic E-state index is -0.254. The van der Waals surface area contributed by atoms with E-state index in [1.807, 2.05) is 17.9 Å². The van der Waals surface area contributed by atoms with Gasteiger partial charge in [0.25, 0.3) is 5.91 Å². The predicted molar refractivity (Wildman–Crippen MR) is 91.7 cm³/mol. The van der Waals surface area contributed by atoms with E-state index in [1.165, 1.54) is 10.6 Å². The Bertz CT molecular complexity index is 980. The highest BCUT2D eigenvalue weighted by Crippen LogP contribution is 2.34. The van der Waals surface area contributed by atoms with Crippen LogP contribution in [0, 0.1) is 0 Å². The summed E-state index contributed by atoms with van der Waals surface area (Å²) in [6.07, 6.45) is 7.05. The summed E-state index contributed by atoms with van der Waals surface area (Å²) in [7, 11) is 1.98. The van der Waals surface area contributed by atoms with Crippen LogP contribution in [0.15, 0.2) is 35.7 Å². The quantitative estimate of drug-likeness (QED) is 0.719. The molecule has 0 fully saturated rings. The fourth-order valence-corrected chi connectivity index (χ4v) is 4.33. The molecule has 1 amide bonds. The summed E-state index contributed by atoms with van der Waals surface area (Å²) in [6, 6.07) is 3.49. The van der Waals surface area contributed by atoms with Gasteiger partial charge in [-0.15, -0.1) is 11.3 Å². The van der Waals surface area contributed by atoms with Gasteiger partial charge in [-0.1, -0.05) is 0 Å². The van der Waals surface area contributed by atoms with Crippen molar-refractivity contribution in [2.45, 2.75) is 26.3 Å². The summed E-state index contributed by atoms with van der Waals surface area (Å²) in [5, 5.41) is 4.39. The highest BCUT2D eigenvalue weighted by molar-refractivity contribution is 7.09. The lowest BCUT2D eigenvalue weighted by Gasteiger charge is -2.15. The lowest BCUT2D eigenvalue weighted by molar-refractivity contribution is 0.0997. The Morgan fingerprint density at radius 3 is 3.00 bits per heavy atom. The number of thiazole rings is 1. The van der Waals surface area contributed by atoms with Crippen molar-refractivity contribution in [1.82, 2.24) is 19.3 Å². The smallest absolute Gasteiger partial charge is 0.281 e. The zero-order valence-electron chi connectivity index (χ0n) is 13.6. The van der Waals surface area contributed by atoms with E-state index in [-0.39, 0.29) is 5.91 Å². The Kier molecular flexibility index (Phi) is 3.65. The van der Waals surface area contributed by atoms with Crippen LogP contribution in [0.1, 0.15) is 27.9 Å². The number of hydrogen-bond donors (Lipinski definition) is 0. The number of nitrogens with zero attached hydrogens (tertiary/aromatic N) is 5. The van der Waals surface area contributed by atoms with Gasteiger partial charge in [-0.05, 0) is 31.9 Å². The molecular weight excluding hydrogens is 322 g/mol. The maximum absolute atomic E-state index is 12.4. The van der Waals surface area contributed by atoms with Crippen molar-refractivity contribution in [3.05, 3.63) is 51.7 Å². The summed E-state index contributed by atoms with van der Waals surface area (Å²) < 4.78 is 4.06. The Morgan fingerprint density at radius 2 is 2.25 bits per heavy atom. The summed E-state index contributed by atoms with van der Waals surface area (Å²) in [5.74, 6) is -0.254. The molecule has 0 saturated carbocycles. The van der Waals surface area contributed by atoms with Crippen molar-refractivity contribution in [1.29, 1.82) is 0 Å². The maximum atomic E-state index is 12.4. The van der Waals surface area contributed by atoms with Crippen LogP contribution in [-0.4, -0.2) is 25.2 Å². The monoisotopic (exact) mass is 339 g/mol. The lowest BCUT2D eigenvalue weighted by atomic mass is 10.00. The van der Waals surface area contributed by atoms with Crippen LogP contribution in [-0.2, 0) is 26.4 Å². The van der Waals surface area contributed by atoms with Crippen molar-refractivity contribution in [3.63, 3.8) is 0 Å². The van der Waals surface area contributed by atoms with Crippen LogP contribution >= 0.6 is 11.3 Å². The van der Waals surface area contributed by atoms with Crippen molar-refractivity contribution < 1.29 is 4.79 Å². The first kappa shape index (κ1) is 15.0. The Hall–Kier alpha value is -2.54. The van der Waals surface area contributed by atoms with E-state index in [0.717, 1.165) is 35.4 Å². The number of aryl methyl sites for hydroxylation is 2. The van der Waals surface area contributed by atoms with Gasteiger partial charge in [-0.3, -0.25) is 14.5 Å². The first-order chi connectivity index (χ1) is 11.7. The first-order valence-corrected chi connectivity index (χ1v) is 8.73. The summed E-state index contributed by atoms with van der Waals surface area (Å²) in [6.45, 7) is 2.84. The van der Waals surface area contributed by atoms with Crippen LogP contribution < -0.4 is 4.80 Å². The molecule has 0 bridgehead atoms. The molecule has 3 aromatic rings. The average Bonchev–Trinajstić information content (AvgIpc) is 3.15. The van der Waals surface area contributed by atoms with E-state index in [1.54, 1.807) is 35.9 Å². The van der Waals surface area contributed by atoms with Crippen LogP contribution in [0.4, 0.5) is 0 Å². The number of rotatable bonds is 2. The highest BCUT2D eigenvalue weighted by Gasteiger charge is 2.25. The maximum Gasteiger partial charge on any atom is 0.281 e. The molecule has 3 heterocycles. The molecule has 4 rings (SSSR count). The number of carbonyl (C=O) groups excluding carboxylic acids is 1. The average molecular weight is 339 g/mol. The fourth-order valence-electron chi connectivity index (χ4n) is 3.13. The third-order valence-electron chi connectivity index (χ3n) is 4.31. The SMILES string of the molecule is CCn1c2c(sc1=NC(=O)c1cccnc1)CCc1c-2cnn1C. The molecule has 0 saturated heterocycles. The molecule has 1 aliphatic carbocycles. The molecule has 6 nitrogen and oxygen atoms in total. The van der Waals surface area contributed by atoms with Gasteiger partial charge in [0.2, 0.25) is 0 Å². The van der Waals surface area contributed by atoms with Crippen LogP contribution in [0.5, 0.6) is 0 Å². The number of fused-ring (bicyclic) bond motifs is 3. The summed E-state index contributed by atoms with van der Waals surface area (Å²) >= 11 is 1.60. The van der Waals surface area contributed by atoms with E-state index in [2.05, 4.69) is 26.6 Å². The van der Waals surface area contributed by atoms with Crippen molar-refractivity contribution >= 4 is 17.2 Å². The van der Waals surface area contributed by atoms with Gasteiger partial charge in [-0.2, -0.15) is 10.1 Å². The number of carbonyl (C=O) groups is 1. The van der Waals surface area contributed by atoms with E-state index in [0.29, 0.717) is 5.56 Å². The summed E-state index contributed by atoms with van der Waals surface area (Å²) in [4.78, 5) is 22.8. The zero-order chi connectivity index (χ0) is 16.7. The molecule has 3 aromatic heterocycles. The molecule has 1 aliphatic rings. The molecule has 0 aromatic carbocycles. The minimum absolute atomic E-state index is 0.254. The van der Waals surface area contributed by atoms with Gasteiger partial charge in [0.15, 0.2) is 4.80 Å². The second-order valence-corrected chi connectivity index (χ2v) is 6.75. The standard InChI is InChI=1S/C17H17N5OS/c1-3-22-15-12-10-19-21(2)13(12)6-7-14(15)24-17(22)20-16(23)11-5-4-8-18-9-11/h4-5,8-10H,3,6-7H2,1-2H3. The molecule has 0 radical (unpaired) electrons. The van der Waals surface area contributed by atoms with Gasteiger partial charge in [0, 0.05) is 42.1 Å². The van der Waals surface area contributed by atoms with Crippen molar-refractivity contribution in [3.8, 4) is 11.3 Å². The van der Waals surface area contributed by atoms with Crippen molar-refractivity contribution in [2.75, 3.05) is 0 Å². The Morgan fingerprint density at radius 1 is 1.38 bits per heavy atom. The molecule has 7 heteroatoms. The first-order valence-electron chi connectivity index (χ1n) is 7.92. The van der Waals surface area contributed by atoms with Crippen molar-refractivity contribution in [2.24, 2.45) is 12.0 Å². The molecule has 0 aliphatic heterocycles. The zero-order valence-corrected chi connectivity index (χ0v) is 14.4. The number of hydrogen-bond acceptors (Lipinski definition) is 4. The van der Waals surface area contributed by atoms with Gasteiger partial charge < -0.3 is 4.57 Å². The second-order valence-electron chi connectivity index (χ2n) is 5.69. The number of pyridine rings is 1. The van der Waals surface area contributed by atoms with E-state index in [9.17, 15) is 4.79 Å². The third-order valence-corrected chi connectivity index (χ3v) is 5.45. The molecule has 24 heavy (non-hydrogen) atoms. The molecular formula is C17H17N5OS. The predicted octanol–water partition coefficient (Wildman–Crippen LogP) is 2.20. The third kappa shape index (κ3) is 2.32. The Labute approximate surface area is 143 Å². The molecule has 122 valence electrons. The fraction of sp³-hybridized carbons (Fsp3) is 0.294. The highest BCUT2D eigenvalue weighted by atomic mass is 32.1. The van der Waals surface area contributed by atoms with E-state index < -0.39 is 0 Å². The van der Waals surface area contributed by atoms with Crippen LogP contribution in [0.2, 0.25) is 0 Å². The molecule has 0 unspecified atom stereocenters. The van der Waals surface area contributed by atoms with E-state index >= 15 is 0 Å². The van der Waals surface area contributed by atoms with Gasteiger partial charge >= 0.3 is 0 Å². The van der Waals surface area contributed by atoms with Gasteiger partial charge in [-0.25, -0.2) is 0 Å². The van der Waals surface area contributed by atoms with Gasteiger partial charge in [0.1, 0.15) is 0 Å². The Balaban J connectivity index is 1.86. The summed E-state index contributed by atoms with van der Waals surface area (Å²) in [5.41, 5.74) is 4.07. The topological polar surface area (TPSA) is 65.1 Å². The minimum Gasteiger partial charge on any atom is -0.316 e. The second kappa shape index (κ2) is 5.83. The largest absolute Gasteiger partial charge is 0.316 e. The number of aromatic nitrogens is 4. The molecule has 0 spiro atoms. The van der Waals surface area contributed by atoms with Crippen LogP contribution in [0.3, 0.4) is 0 Å². The molecule has 0 atom stereocenters. The van der Waals surface area contributed by atoms with Crippen LogP contribution in [0.25, 0.3) is 11.3 Å². The van der Waals surface area contributed by atoms with Gasteiger partial charge in [0.05, 0.1) is 17.5 Å². The van der Waals surface area contributed by atoms with E-state index in [4.69, 9.17) is 0 Å². The lowest BCUT2D eigenvalue weighted by Crippen LogP contribution is -2.18.